The van der Waals surface area contributed by atoms with E-state index in [2.05, 4.69) is 12.2 Å². The third kappa shape index (κ3) is 5.43. The molecule has 0 saturated carbocycles. The highest BCUT2D eigenvalue weighted by molar-refractivity contribution is 7.89. The molecule has 3 aromatic rings. The highest BCUT2D eigenvalue weighted by Gasteiger charge is 2.26. The number of rotatable bonds is 7. The predicted molar refractivity (Wildman–Crippen MR) is 128 cm³/mol. The number of para-hydroxylation sites is 1. The van der Waals surface area contributed by atoms with Gasteiger partial charge in [0.05, 0.1) is 16.0 Å². The summed E-state index contributed by atoms with van der Waals surface area (Å²) in [6.45, 7) is 2.09. The summed E-state index contributed by atoms with van der Waals surface area (Å²) >= 11 is 0. The summed E-state index contributed by atoms with van der Waals surface area (Å²) in [5, 5.41) is 8.55. The number of nitrogens with two attached hydrogens (primary N) is 1. The first kappa shape index (κ1) is 23.8. The lowest BCUT2D eigenvalue weighted by atomic mass is 9.84. The van der Waals surface area contributed by atoms with E-state index in [9.17, 15) is 18.0 Å². The number of pyridine rings is 1. The Labute approximate surface area is 198 Å². The van der Waals surface area contributed by atoms with Gasteiger partial charge in [0, 0.05) is 17.6 Å². The number of ether oxygens (including phenoxy) is 1. The van der Waals surface area contributed by atoms with E-state index in [1.807, 2.05) is 24.3 Å². The van der Waals surface area contributed by atoms with Crippen LogP contribution in [-0.2, 0) is 38.8 Å². The Kier molecular flexibility index (Phi) is 6.95. The van der Waals surface area contributed by atoms with E-state index in [0.717, 1.165) is 47.0 Å². The van der Waals surface area contributed by atoms with Crippen LogP contribution in [0.2, 0.25) is 0 Å². The number of nitrogens with one attached hydrogen (secondary N) is 1. The second-order valence-electron chi connectivity index (χ2n) is 8.64. The molecule has 1 unspecified atom stereocenters. The van der Waals surface area contributed by atoms with Crippen LogP contribution in [0.25, 0.3) is 10.9 Å². The van der Waals surface area contributed by atoms with Gasteiger partial charge in [-0.2, -0.15) is 0 Å². The largest absolute Gasteiger partial charge is 0.452 e. The van der Waals surface area contributed by atoms with Crippen molar-refractivity contribution in [3.8, 4) is 0 Å². The number of aromatic nitrogens is 1. The lowest BCUT2D eigenvalue weighted by Crippen LogP contribution is -2.31. The fourth-order valence-electron chi connectivity index (χ4n) is 4.24. The predicted octanol–water partition coefficient (Wildman–Crippen LogP) is 2.52. The number of carbonyl (C=O) groups excluding carboxylic acids is 2. The fourth-order valence-corrected chi connectivity index (χ4v) is 4.76. The van der Waals surface area contributed by atoms with Gasteiger partial charge in [0.1, 0.15) is 0 Å². The van der Waals surface area contributed by atoms with Gasteiger partial charge in [-0.15, -0.1) is 0 Å². The van der Waals surface area contributed by atoms with Gasteiger partial charge in [-0.25, -0.2) is 18.4 Å². The SMILES string of the molecule is CC1CCc2nc3ccccc3c(C(=O)OCC(=O)NCCc3ccc(S(N)(=O)=O)cc3)c2C1. The first-order chi connectivity index (χ1) is 16.2. The maximum absolute atomic E-state index is 13.1. The van der Waals surface area contributed by atoms with E-state index in [-0.39, 0.29) is 11.5 Å². The van der Waals surface area contributed by atoms with E-state index < -0.39 is 21.9 Å². The molecule has 0 fully saturated rings. The molecule has 0 aliphatic heterocycles. The van der Waals surface area contributed by atoms with E-state index in [0.29, 0.717) is 24.4 Å². The molecule has 2 aromatic carbocycles. The summed E-state index contributed by atoms with van der Waals surface area (Å²) in [5.41, 5.74) is 3.96. The van der Waals surface area contributed by atoms with Crippen LogP contribution >= 0.6 is 0 Å². The molecule has 9 heteroatoms. The van der Waals surface area contributed by atoms with Crippen LogP contribution in [-0.4, -0.2) is 38.4 Å². The van der Waals surface area contributed by atoms with Crippen molar-refractivity contribution in [3.05, 3.63) is 70.9 Å². The number of nitrogens with zero attached hydrogens (tertiary/aromatic N) is 1. The minimum absolute atomic E-state index is 0.0346. The number of amides is 1. The Hall–Kier alpha value is -3.30. The van der Waals surface area contributed by atoms with Crippen molar-refractivity contribution < 1.29 is 22.7 Å². The van der Waals surface area contributed by atoms with Crippen LogP contribution in [0.4, 0.5) is 0 Å². The highest BCUT2D eigenvalue weighted by atomic mass is 32.2. The molecule has 1 aliphatic carbocycles. The maximum Gasteiger partial charge on any atom is 0.339 e. The van der Waals surface area contributed by atoms with Gasteiger partial charge < -0.3 is 10.1 Å². The molecule has 34 heavy (non-hydrogen) atoms. The Balaban J connectivity index is 1.37. The molecule has 1 aromatic heterocycles. The Morgan fingerprint density at radius 2 is 1.88 bits per heavy atom. The number of carbonyl (C=O) groups is 2. The second-order valence-corrected chi connectivity index (χ2v) is 10.2. The third-order valence-corrected chi connectivity index (χ3v) is 6.96. The standard InChI is InChI=1S/C25H27N3O5S/c1-16-6-11-22-20(14-16)24(19-4-2-3-5-21(19)28-22)25(30)33-15-23(29)27-13-12-17-7-9-18(10-8-17)34(26,31)32/h2-5,7-10,16H,6,11-15H2,1H3,(H,27,29)(H2,26,31,32). The zero-order valence-corrected chi connectivity index (χ0v) is 19.7. The van der Waals surface area contributed by atoms with Crippen molar-refractivity contribution in [3.63, 3.8) is 0 Å². The summed E-state index contributed by atoms with van der Waals surface area (Å²) in [6, 6.07) is 13.6. The molecular formula is C25H27N3O5S. The average molecular weight is 482 g/mol. The van der Waals surface area contributed by atoms with Gasteiger partial charge in [-0.05, 0) is 60.9 Å². The van der Waals surface area contributed by atoms with E-state index in [4.69, 9.17) is 14.9 Å². The normalized spacial score (nSPS) is 15.5. The van der Waals surface area contributed by atoms with E-state index >= 15 is 0 Å². The van der Waals surface area contributed by atoms with Crippen molar-refractivity contribution in [2.45, 2.75) is 37.5 Å². The lowest BCUT2D eigenvalue weighted by molar-refractivity contribution is -0.124. The average Bonchev–Trinajstić information content (AvgIpc) is 2.81. The zero-order valence-electron chi connectivity index (χ0n) is 18.9. The Bertz CT molecular complexity index is 1340. The van der Waals surface area contributed by atoms with Gasteiger partial charge in [-0.1, -0.05) is 37.3 Å². The van der Waals surface area contributed by atoms with Crippen LogP contribution in [0.5, 0.6) is 0 Å². The van der Waals surface area contributed by atoms with Crippen LogP contribution in [0.3, 0.4) is 0 Å². The van der Waals surface area contributed by atoms with Gasteiger partial charge in [0.2, 0.25) is 10.0 Å². The topological polar surface area (TPSA) is 128 Å². The van der Waals surface area contributed by atoms with Gasteiger partial charge in [0.15, 0.2) is 6.61 Å². The molecule has 0 bridgehead atoms. The number of primary sulfonamides is 1. The summed E-state index contributed by atoms with van der Waals surface area (Å²) in [5.74, 6) is -0.475. The van der Waals surface area contributed by atoms with Crippen molar-refractivity contribution in [1.82, 2.24) is 10.3 Å². The van der Waals surface area contributed by atoms with Crippen LogP contribution in [0, 0.1) is 5.92 Å². The molecule has 0 radical (unpaired) electrons. The molecule has 1 atom stereocenters. The summed E-state index contributed by atoms with van der Waals surface area (Å²) in [4.78, 5) is 30.1. The number of benzene rings is 2. The van der Waals surface area contributed by atoms with Crippen molar-refractivity contribution in [2.24, 2.45) is 11.1 Å². The van der Waals surface area contributed by atoms with Crippen LogP contribution < -0.4 is 10.5 Å². The van der Waals surface area contributed by atoms with Crippen LogP contribution in [0.1, 0.15) is 40.5 Å². The fraction of sp³-hybridized carbons (Fsp3) is 0.320. The Morgan fingerprint density at radius 1 is 1.15 bits per heavy atom. The molecule has 4 rings (SSSR count). The quantitative estimate of drug-likeness (QED) is 0.499. The number of esters is 1. The van der Waals surface area contributed by atoms with Gasteiger partial charge in [0.25, 0.3) is 5.91 Å². The van der Waals surface area contributed by atoms with Gasteiger partial charge >= 0.3 is 5.97 Å². The molecule has 0 spiro atoms. The molecule has 8 nitrogen and oxygen atoms in total. The van der Waals surface area contributed by atoms with E-state index in [1.54, 1.807) is 12.1 Å². The zero-order chi connectivity index (χ0) is 24.3. The number of hydrogen-bond acceptors (Lipinski definition) is 6. The van der Waals surface area contributed by atoms with Gasteiger partial charge in [-0.3, -0.25) is 9.78 Å². The number of aryl methyl sites for hydroxylation is 1. The molecule has 1 aliphatic rings. The molecule has 0 saturated heterocycles. The number of hydrogen-bond donors (Lipinski definition) is 2. The second kappa shape index (κ2) is 9.90. The maximum atomic E-state index is 13.1. The smallest absolute Gasteiger partial charge is 0.339 e. The minimum Gasteiger partial charge on any atom is -0.452 e. The summed E-state index contributed by atoms with van der Waals surface area (Å²) in [6.07, 6.45) is 3.10. The van der Waals surface area contributed by atoms with E-state index in [1.165, 1.54) is 12.1 Å². The molecule has 3 N–H and O–H groups in total. The summed E-state index contributed by atoms with van der Waals surface area (Å²) in [7, 11) is -3.74. The molecule has 1 amide bonds. The monoisotopic (exact) mass is 481 g/mol. The summed E-state index contributed by atoms with van der Waals surface area (Å²) < 4.78 is 28.0. The molecular weight excluding hydrogens is 454 g/mol. The third-order valence-electron chi connectivity index (χ3n) is 6.03. The van der Waals surface area contributed by atoms with Crippen molar-refractivity contribution >= 4 is 32.8 Å². The lowest BCUT2D eigenvalue weighted by Gasteiger charge is -2.24. The number of fused-ring (bicyclic) bond motifs is 2. The van der Waals surface area contributed by atoms with Crippen LogP contribution in [0.15, 0.2) is 53.4 Å². The molecule has 178 valence electrons. The minimum atomic E-state index is -3.74. The number of sulfonamides is 1. The first-order valence-corrected chi connectivity index (χ1v) is 12.7. The first-order valence-electron chi connectivity index (χ1n) is 11.2. The molecule has 1 heterocycles. The van der Waals surface area contributed by atoms with Crippen molar-refractivity contribution in [2.75, 3.05) is 13.2 Å². The Morgan fingerprint density at radius 3 is 2.62 bits per heavy atom. The van der Waals surface area contributed by atoms with Crippen molar-refractivity contribution in [1.29, 1.82) is 0 Å². The highest BCUT2D eigenvalue weighted by Crippen LogP contribution is 2.32.